The highest BCUT2D eigenvalue weighted by molar-refractivity contribution is 7.10. The Morgan fingerprint density at radius 1 is 1.37 bits per heavy atom. The van der Waals surface area contributed by atoms with E-state index < -0.39 is 0 Å². The molecule has 0 fully saturated rings. The van der Waals surface area contributed by atoms with E-state index >= 15 is 0 Å². The van der Waals surface area contributed by atoms with Crippen molar-refractivity contribution in [2.24, 2.45) is 0 Å². The summed E-state index contributed by atoms with van der Waals surface area (Å²) in [6, 6.07) is 3.77. The van der Waals surface area contributed by atoms with Gasteiger partial charge in [-0.3, -0.25) is 9.59 Å². The quantitative estimate of drug-likeness (QED) is 0.675. The Labute approximate surface area is 178 Å². The molecule has 9 heteroatoms. The summed E-state index contributed by atoms with van der Waals surface area (Å²) in [5.74, 6) is 1.01. The predicted molar refractivity (Wildman–Crippen MR) is 115 cm³/mol. The lowest BCUT2D eigenvalue weighted by Crippen LogP contribution is -2.40. The minimum absolute atomic E-state index is 0.100. The molecule has 4 heterocycles. The van der Waals surface area contributed by atoms with Gasteiger partial charge in [-0.15, -0.1) is 11.3 Å². The Kier molecular flexibility index (Phi) is 5.29. The van der Waals surface area contributed by atoms with Crippen LogP contribution in [0.5, 0.6) is 0 Å². The zero-order valence-electron chi connectivity index (χ0n) is 17.4. The zero-order chi connectivity index (χ0) is 21.4. The van der Waals surface area contributed by atoms with Crippen molar-refractivity contribution in [2.75, 3.05) is 23.8 Å². The summed E-state index contributed by atoms with van der Waals surface area (Å²) in [4.78, 5) is 34.5. The number of rotatable bonds is 5. The largest absolute Gasteiger partial charge is 0.361 e. The van der Waals surface area contributed by atoms with E-state index in [1.165, 1.54) is 5.56 Å². The fraction of sp³-hybridized carbons (Fsp3) is 0.333. The van der Waals surface area contributed by atoms with Gasteiger partial charge in [0.25, 0.3) is 5.91 Å². The van der Waals surface area contributed by atoms with Crippen LogP contribution in [0.3, 0.4) is 0 Å². The highest BCUT2D eigenvalue weighted by Crippen LogP contribution is 2.31. The van der Waals surface area contributed by atoms with Crippen LogP contribution in [0.1, 0.15) is 37.8 Å². The van der Waals surface area contributed by atoms with E-state index in [0.29, 0.717) is 35.9 Å². The van der Waals surface area contributed by atoms with Crippen molar-refractivity contribution in [3.05, 3.63) is 56.7 Å². The van der Waals surface area contributed by atoms with E-state index in [0.717, 1.165) is 16.1 Å². The summed E-state index contributed by atoms with van der Waals surface area (Å²) in [5.41, 5.74) is 3.79. The summed E-state index contributed by atoms with van der Waals surface area (Å²) in [7, 11) is 1.77. The van der Waals surface area contributed by atoms with Gasteiger partial charge in [-0.2, -0.15) is 0 Å². The van der Waals surface area contributed by atoms with E-state index in [2.05, 4.69) is 15.5 Å². The maximum Gasteiger partial charge on any atom is 0.255 e. The van der Waals surface area contributed by atoms with Crippen molar-refractivity contribution in [1.82, 2.24) is 15.0 Å². The maximum atomic E-state index is 13.0. The van der Waals surface area contributed by atoms with Gasteiger partial charge in [0, 0.05) is 23.7 Å². The van der Waals surface area contributed by atoms with Gasteiger partial charge in [0.05, 0.1) is 36.6 Å². The molecule has 0 unspecified atom stereocenters. The molecule has 4 rings (SSSR count). The summed E-state index contributed by atoms with van der Waals surface area (Å²) in [6.45, 7) is 6.70. The Hall–Kier alpha value is -3.20. The molecule has 0 saturated heterocycles. The first-order chi connectivity index (χ1) is 14.3. The molecule has 0 spiro atoms. The van der Waals surface area contributed by atoms with Crippen LogP contribution in [0.15, 0.2) is 28.2 Å². The number of thiophene rings is 1. The molecule has 0 radical (unpaired) electrons. The number of nitrogens with one attached hydrogen (secondary N) is 1. The standard InChI is InChI=1S/C21H23N5O3S/c1-12-5-6-30-18(12)11-25(4)21(28)15-7-17-20(22-8-15)23-9-19(27)26(17)10-16-13(2)24-29-14(16)3/h5-8H,9-11H2,1-4H3,(H,22,23). The monoisotopic (exact) mass is 425 g/mol. The first kappa shape index (κ1) is 20.1. The third-order valence-electron chi connectivity index (χ3n) is 5.31. The van der Waals surface area contributed by atoms with Crippen LogP contribution < -0.4 is 10.2 Å². The van der Waals surface area contributed by atoms with Crippen molar-refractivity contribution in [3.8, 4) is 0 Å². The smallest absolute Gasteiger partial charge is 0.255 e. The SMILES string of the molecule is Cc1ccsc1CN(C)C(=O)c1cnc2c(c1)N(Cc1c(C)noc1C)C(=O)CN2. The number of fused-ring (bicyclic) bond motifs is 1. The number of amides is 2. The molecule has 0 atom stereocenters. The van der Waals surface area contributed by atoms with Crippen LogP contribution in [-0.4, -0.2) is 40.4 Å². The summed E-state index contributed by atoms with van der Waals surface area (Å²) >= 11 is 1.63. The van der Waals surface area contributed by atoms with E-state index in [1.54, 1.807) is 40.4 Å². The van der Waals surface area contributed by atoms with Crippen molar-refractivity contribution in [2.45, 2.75) is 33.9 Å². The highest BCUT2D eigenvalue weighted by Gasteiger charge is 2.28. The molecule has 0 aliphatic carbocycles. The van der Waals surface area contributed by atoms with Crippen LogP contribution in [0.25, 0.3) is 0 Å². The van der Waals surface area contributed by atoms with E-state index in [9.17, 15) is 9.59 Å². The Bertz CT molecular complexity index is 1100. The third-order valence-corrected chi connectivity index (χ3v) is 6.31. The second kappa shape index (κ2) is 7.91. The number of carbonyl (C=O) groups excluding carboxylic acids is 2. The molecule has 0 aromatic carbocycles. The molecule has 156 valence electrons. The number of nitrogens with zero attached hydrogens (tertiary/aromatic N) is 4. The molecule has 1 aliphatic rings. The Morgan fingerprint density at radius 3 is 2.83 bits per heavy atom. The molecular weight excluding hydrogens is 402 g/mol. The van der Waals surface area contributed by atoms with Gasteiger partial charge in [0.1, 0.15) is 5.76 Å². The molecule has 3 aromatic rings. The number of aryl methyl sites for hydroxylation is 3. The molecule has 0 bridgehead atoms. The van der Waals surface area contributed by atoms with Crippen molar-refractivity contribution in [1.29, 1.82) is 0 Å². The second-order valence-electron chi connectivity index (χ2n) is 7.42. The second-order valence-corrected chi connectivity index (χ2v) is 8.42. The molecule has 30 heavy (non-hydrogen) atoms. The Balaban J connectivity index is 1.62. The number of pyridine rings is 1. The summed E-state index contributed by atoms with van der Waals surface area (Å²) < 4.78 is 5.23. The average Bonchev–Trinajstić information content (AvgIpc) is 3.28. The van der Waals surface area contributed by atoms with Gasteiger partial charge < -0.3 is 19.6 Å². The van der Waals surface area contributed by atoms with Gasteiger partial charge in [-0.05, 0) is 43.8 Å². The van der Waals surface area contributed by atoms with Gasteiger partial charge in [0.15, 0.2) is 5.82 Å². The van der Waals surface area contributed by atoms with Crippen LogP contribution in [0.4, 0.5) is 11.5 Å². The van der Waals surface area contributed by atoms with Crippen molar-refractivity contribution >= 4 is 34.7 Å². The van der Waals surface area contributed by atoms with Crippen LogP contribution in [0.2, 0.25) is 0 Å². The van der Waals surface area contributed by atoms with E-state index in [-0.39, 0.29) is 18.4 Å². The molecular formula is C21H23N5O3S. The number of anilines is 2. The average molecular weight is 426 g/mol. The lowest BCUT2D eigenvalue weighted by Gasteiger charge is -2.30. The first-order valence-corrected chi connectivity index (χ1v) is 10.5. The van der Waals surface area contributed by atoms with Crippen molar-refractivity contribution < 1.29 is 14.1 Å². The number of hydrogen-bond acceptors (Lipinski definition) is 7. The molecule has 8 nitrogen and oxygen atoms in total. The molecule has 0 saturated carbocycles. The highest BCUT2D eigenvalue weighted by atomic mass is 32.1. The summed E-state index contributed by atoms with van der Waals surface area (Å²) in [5, 5.41) is 9.02. The number of carbonyl (C=O) groups is 2. The first-order valence-electron chi connectivity index (χ1n) is 9.59. The lowest BCUT2D eigenvalue weighted by atomic mass is 10.1. The number of aromatic nitrogens is 2. The van der Waals surface area contributed by atoms with Crippen LogP contribution >= 0.6 is 11.3 Å². The third kappa shape index (κ3) is 3.68. The van der Waals surface area contributed by atoms with Gasteiger partial charge in [0.2, 0.25) is 5.91 Å². The van der Waals surface area contributed by atoms with Crippen molar-refractivity contribution in [3.63, 3.8) is 0 Å². The minimum Gasteiger partial charge on any atom is -0.361 e. The van der Waals surface area contributed by atoms with Crippen LogP contribution in [0, 0.1) is 20.8 Å². The molecule has 1 N–H and O–H groups in total. The van der Waals surface area contributed by atoms with Gasteiger partial charge in [-0.1, -0.05) is 5.16 Å². The summed E-state index contributed by atoms with van der Waals surface area (Å²) in [6.07, 6.45) is 1.55. The lowest BCUT2D eigenvalue weighted by molar-refractivity contribution is -0.117. The Morgan fingerprint density at radius 2 is 2.17 bits per heavy atom. The molecule has 3 aromatic heterocycles. The minimum atomic E-state index is -0.145. The molecule has 2 amide bonds. The van der Waals surface area contributed by atoms with Crippen LogP contribution in [-0.2, 0) is 17.9 Å². The zero-order valence-corrected chi connectivity index (χ0v) is 18.2. The van der Waals surface area contributed by atoms with E-state index in [1.807, 2.05) is 32.2 Å². The van der Waals surface area contributed by atoms with Gasteiger partial charge in [-0.25, -0.2) is 4.98 Å². The fourth-order valence-corrected chi connectivity index (χ4v) is 4.39. The van der Waals surface area contributed by atoms with Gasteiger partial charge >= 0.3 is 0 Å². The maximum absolute atomic E-state index is 13.0. The predicted octanol–water partition coefficient (Wildman–Crippen LogP) is 3.29. The number of hydrogen-bond donors (Lipinski definition) is 1. The topological polar surface area (TPSA) is 91.6 Å². The molecule has 1 aliphatic heterocycles. The normalized spacial score (nSPS) is 13.2. The fourth-order valence-electron chi connectivity index (χ4n) is 3.43. The van der Waals surface area contributed by atoms with E-state index in [4.69, 9.17) is 4.52 Å².